The molecule has 0 bridgehead atoms. The minimum Gasteiger partial charge on any atom is -0.310 e. The molecule has 19 heavy (non-hydrogen) atoms. The van der Waals surface area contributed by atoms with E-state index in [9.17, 15) is 13.2 Å². The Morgan fingerprint density at radius 1 is 1.32 bits per heavy atom. The quantitative estimate of drug-likeness (QED) is 0.830. The lowest BCUT2D eigenvalue weighted by molar-refractivity contribution is -0.117. The number of rotatable bonds is 2. The van der Waals surface area contributed by atoms with Crippen LogP contribution >= 0.6 is 0 Å². The molecule has 1 aliphatic heterocycles. The first-order valence-corrected chi connectivity index (χ1v) is 8.12. The third-order valence-corrected chi connectivity index (χ3v) is 4.79. The van der Waals surface area contributed by atoms with Crippen molar-refractivity contribution in [3.05, 3.63) is 35.9 Å². The van der Waals surface area contributed by atoms with Gasteiger partial charge in [0.05, 0.1) is 5.69 Å². The number of fused-ring (bicyclic) bond motifs is 1. The summed E-state index contributed by atoms with van der Waals surface area (Å²) in [5, 5.41) is -1.02. The molecule has 2 rings (SSSR count). The van der Waals surface area contributed by atoms with E-state index >= 15 is 0 Å². The van der Waals surface area contributed by atoms with Gasteiger partial charge in [-0.05, 0) is 25.0 Å². The van der Waals surface area contributed by atoms with E-state index in [1.807, 2.05) is 36.4 Å². The maximum Gasteiger partial charge on any atom is 0.245 e. The first kappa shape index (κ1) is 13.8. The lowest BCUT2D eigenvalue weighted by Gasteiger charge is -2.25. The molecule has 1 aliphatic rings. The molecule has 0 spiro atoms. The smallest absolute Gasteiger partial charge is 0.245 e. The molecule has 102 valence electrons. The Morgan fingerprint density at radius 3 is 2.68 bits per heavy atom. The van der Waals surface area contributed by atoms with Gasteiger partial charge >= 0.3 is 0 Å². The number of para-hydroxylation sites is 1. The van der Waals surface area contributed by atoms with Crippen molar-refractivity contribution in [1.82, 2.24) is 0 Å². The molecule has 0 saturated heterocycles. The fraction of sp³-hybridized carbons (Fsp3) is 0.357. The monoisotopic (exact) mass is 279 g/mol. The van der Waals surface area contributed by atoms with E-state index < -0.39 is 15.1 Å². The zero-order chi connectivity index (χ0) is 14.0. The lowest BCUT2D eigenvalue weighted by atomic mass is 10.1. The average molecular weight is 279 g/mol. The summed E-state index contributed by atoms with van der Waals surface area (Å²) in [6, 6.07) is 7.51. The molecule has 1 heterocycles. The topological polar surface area (TPSA) is 54.5 Å². The van der Waals surface area contributed by atoms with Crippen LogP contribution in [0.3, 0.4) is 0 Å². The van der Waals surface area contributed by atoms with Gasteiger partial charge in [-0.25, -0.2) is 8.42 Å². The van der Waals surface area contributed by atoms with Crippen molar-refractivity contribution in [3.63, 3.8) is 0 Å². The largest absolute Gasteiger partial charge is 0.310 e. The highest BCUT2D eigenvalue weighted by atomic mass is 32.2. The first-order valence-electron chi connectivity index (χ1n) is 6.17. The summed E-state index contributed by atoms with van der Waals surface area (Å²) in [6.45, 7) is 1.95. The molecular formula is C14H17NO3S. The van der Waals surface area contributed by atoms with Gasteiger partial charge in [0, 0.05) is 12.8 Å². The Hall–Kier alpha value is -1.62. The van der Waals surface area contributed by atoms with E-state index in [4.69, 9.17) is 0 Å². The minimum atomic E-state index is -3.38. The number of sulfone groups is 1. The van der Waals surface area contributed by atoms with Gasteiger partial charge in [0.1, 0.15) is 5.25 Å². The number of benzene rings is 1. The van der Waals surface area contributed by atoms with Crippen LogP contribution in [0.4, 0.5) is 5.69 Å². The van der Waals surface area contributed by atoms with E-state index in [-0.39, 0.29) is 5.91 Å². The van der Waals surface area contributed by atoms with Gasteiger partial charge in [-0.2, -0.15) is 0 Å². The number of anilines is 1. The maximum atomic E-state index is 12.4. The summed E-state index contributed by atoms with van der Waals surface area (Å²) in [7, 11) is -3.38. The first-order chi connectivity index (χ1) is 8.91. The Bertz CT molecular complexity index is 619. The Balaban J connectivity index is 2.40. The van der Waals surface area contributed by atoms with Crippen LogP contribution < -0.4 is 4.90 Å². The molecule has 0 saturated carbocycles. The van der Waals surface area contributed by atoms with Gasteiger partial charge < -0.3 is 4.90 Å². The number of amides is 1. The summed E-state index contributed by atoms with van der Waals surface area (Å²) >= 11 is 0. The van der Waals surface area contributed by atoms with Crippen molar-refractivity contribution in [2.24, 2.45) is 0 Å². The fourth-order valence-electron chi connectivity index (χ4n) is 2.04. The van der Waals surface area contributed by atoms with Crippen LogP contribution in [-0.2, 0) is 14.6 Å². The van der Waals surface area contributed by atoms with E-state index in [0.29, 0.717) is 6.54 Å². The molecule has 1 amide bonds. The lowest BCUT2D eigenvalue weighted by Crippen LogP contribution is -2.41. The number of hydrogen-bond acceptors (Lipinski definition) is 3. The van der Waals surface area contributed by atoms with Crippen molar-refractivity contribution in [3.8, 4) is 0 Å². The average Bonchev–Trinajstić information content (AvgIpc) is 2.58. The minimum absolute atomic E-state index is 0.362. The molecular weight excluding hydrogens is 262 g/mol. The Labute approximate surface area is 113 Å². The van der Waals surface area contributed by atoms with E-state index in [2.05, 4.69) is 0 Å². The van der Waals surface area contributed by atoms with Crippen molar-refractivity contribution in [2.75, 3.05) is 17.7 Å². The number of carbonyl (C=O) groups is 1. The second-order valence-electron chi connectivity index (χ2n) is 4.71. The van der Waals surface area contributed by atoms with Crippen molar-refractivity contribution in [2.45, 2.75) is 18.6 Å². The summed E-state index contributed by atoms with van der Waals surface area (Å²) in [6.07, 6.45) is 5.78. The molecule has 0 unspecified atom stereocenters. The Morgan fingerprint density at radius 2 is 2.00 bits per heavy atom. The molecule has 5 heteroatoms. The Kier molecular flexibility index (Phi) is 3.75. The number of nitrogens with zero attached hydrogens (tertiary/aromatic N) is 1. The van der Waals surface area contributed by atoms with E-state index in [0.717, 1.165) is 23.9 Å². The van der Waals surface area contributed by atoms with E-state index in [1.54, 1.807) is 4.90 Å². The zero-order valence-corrected chi connectivity index (χ0v) is 11.9. The number of hydrogen-bond donors (Lipinski definition) is 0. The van der Waals surface area contributed by atoms with E-state index in [1.165, 1.54) is 6.92 Å². The fourth-order valence-corrected chi connectivity index (χ4v) is 2.53. The molecule has 1 aromatic carbocycles. The van der Waals surface area contributed by atoms with Crippen molar-refractivity contribution < 1.29 is 13.2 Å². The predicted molar refractivity (Wildman–Crippen MR) is 76.8 cm³/mol. The summed E-state index contributed by atoms with van der Waals surface area (Å²) in [5.41, 5.74) is 1.71. The summed E-state index contributed by atoms with van der Waals surface area (Å²) in [5.74, 6) is -0.362. The van der Waals surface area contributed by atoms with Crippen LogP contribution in [0.1, 0.15) is 18.9 Å². The highest BCUT2D eigenvalue weighted by molar-refractivity contribution is 7.92. The van der Waals surface area contributed by atoms with Gasteiger partial charge in [0.2, 0.25) is 5.91 Å². The maximum absolute atomic E-state index is 12.4. The molecule has 0 N–H and O–H groups in total. The van der Waals surface area contributed by atoms with Crippen LogP contribution in [0.5, 0.6) is 0 Å². The van der Waals surface area contributed by atoms with Crippen LogP contribution in [0.25, 0.3) is 6.08 Å². The van der Waals surface area contributed by atoms with Crippen molar-refractivity contribution in [1.29, 1.82) is 0 Å². The van der Waals surface area contributed by atoms with Crippen LogP contribution in [0.15, 0.2) is 30.3 Å². The second-order valence-corrected chi connectivity index (χ2v) is 7.08. The van der Waals surface area contributed by atoms with Gasteiger partial charge in [-0.1, -0.05) is 30.4 Å². The molecule has 1 atom stereocenters. The van der Waals surface area contributed by atoms with Crippen LogP contribution in [-0.4, -0.2) is 32.4 Å². The number of carbonyl (C=O) groups excluding carboxylic acids is 1. The molecule has 0 fully saturated rings. The highest BCUT2D eigenvalue weighted by Crippen LogP contribution is 2.26. The highest BCUT2D eigenvalue weighted by Gasteiger charge is 2.30. The predicted octanol–water partition coefficient (Wildman–Crippen LogP) is 1.87. The summed E-state index contributed by atoms with van der Waals surface area (Å²) < 4.78 is 23.1. The zero-order valence-electron chi connectivity index (χ0n) is 11.0. The van der Waals surface area contributed by atoms with Crippen LogP contribution in [0, 0.1) is 0 Å². The molecule has 0 aliphatic carbocycles. The molecule has 4 nitrogen and oxygen atoms in total. The molecule has 0 aromatic heterocycles. The molecule has 0 radical (unpaired) electrons. The third kappa shape index (κ3) is 2.87. The standard InChI is InChI=1S/C14H17NO3S/c1-11(19(2,17)18)14(16)15-10-6-5-8-12-7-3-4-9-13(12)15/h3-5,7-9,11H,6,10H2,1-2H3/t11-/m0/s1. The second kappa shape index (κ2) is 5.17. The van der Waals surface area contributed by atoms with Crippen molar-refractivity contribution >= 4 is 27.5 Å². The normalized spacial score (nSPS) is 16.6. The SMILES string of the molecule is C[C@@H](C(=O)N1CCC=Cc2ccccc21)S(C)(=O)=O. The molecule has 1 aromatic rings. The van der Waals surface area contributed by atoms with Gasteiger partial charge in [0.25, 0.3) is 0 Å². The summed E-state index contributed by atoms with van der Waals surface area (Å²) in [4.78, 5) is 13.9. The van der Waals surface area contributed by atoms with Crippen LogP contribution in [0.2, 0.25) is 0 Å². The van der Waals surface area contributed by atoms with Gasteiger partial charge in [-0.3, -0.25) is 4.79 Å². The van der Waals surface area contributed by atoms with Gasteiger partial charge in [0.15, 0.2) is 9.84 Å². The third-order valence-electron chi connectivity index (χ3n) is 3.30. The van der Waals surface area contributed by atoms with Gasteiger partial charge in [-0.15, -0.1) is 0 Å².